The van der Waals surface area contributed by atoms with Crippen molar-refractivity contribution >= 4 is 16.8 Å². The van der Waals surface area contributed by atoms with Crippen molar-refractivity contribution in [3.05, 3.63) is 30.0 Å². The number of hydrogen-bond donors (Lipinski definition) is 2. The third kappa shape index (κ3) is 2.87. The fourth-order valence-electron chi connectivity index (χ4n) is 2.03. The first kappa shape index (κ1) is 14.2. The molecule has 2 N–H and O–H groups in total. The molecule has 20 heavy (non-hydrogen) atoms. The van der Waals surface area contributed by atoms with Gasteiger partial charge in [0.2, 0.25) is 0 Å². The molecule has 0 radical (unpaired) electrons. The number of methoxy groups -OCH3 is 1. The van der Waals surface area contributed by atoms with Gasteiger partial charge in [0.15, 0.2) is 0 Å². The number of rotatable bonds is 4. The van der Waals surface area contributed by atoms with E-state index in [4.69, 9.17) is 4.74 Å². The SMILES string of the molecule is COc1ccc2[nH]ccc2c1CCNC(=O)C(F)(F)F. The Bertz CT molecular complexity index is 620. The van der Waals surface area contributed by atoms with Crippen LogP contribution in [-0.4, -0.2) is 30.7 Å². The van der Waals surface area contributed by atoms with Crippen LogP contribution in [0, 0.1) is 0 Å². The van der Waals surface area contributed by atoms with Crippen LogP contribution in [0.15, 0.2) is 24.4 Å². The lowest BCUT2D eigenvalue weighted by Gasteiger charge is -2.11. The summed E-state index contributed by atoms with van der Waals surface area (Å²) in [4.78, 5) is 13.8. The van der Waals surface area contributed by atoms with Gasteiger partial charge in [0.1, 0.15) is 5.75 Å². The largest absolute Gasteiger partial charge is 0.496 e. The van der Waals surface area contributed by atoms with Gasteiger partial charge in [-0.05, 0) is 24.6 Å². The molecule has 1 aromatic heterocycles. The summed E-state index contributed by atoms with van der Waals surface area (Å²) in [5, 5.41) is 2.72. The molecule has 0 spiro atoms. The van der Waals surface area contributed by atoms with Crippen LogP contribution >= 0.6 is 0 Å². The second kappa shape index (κ2) is 5.44. The number of hydrogen-bond acceptors (Lipinski definition) is 2. The average molecular weight is 286 g/mol. The molecule has 0 saturated carbocycles. The van der Waals surface area contributed by atoms with Crippen molar-refractivity contribution in [1.29, 1.82) is 0 Å². The van der Waals surface area contributed by atoms with Crippen LogP contribution in [0.1, 0.15) is 5.56 Å². The maximum absolute atomic E-state index is 12.1. The van der Waals surface area contributed by atoms with E-state index in [1.54, 1.807) is 12.3 Å². The van der Waals surface area contributed by atoms with E-state index in [1.165, 1.54) is 7.11 Å². The summed E-state index contributed by atoms with van der Waals surface area (Å²) in [5.74, 6) is -1.35. The number of fused-ring (bicyclic) bond motifs is 1. The number of aromatic amines is 1. The van der Waals surface area contributed by atoms with Crippen molar-refractivity contribution in [2.75, 3.05) is 13.7 Å². The number of H-pyrrole nitrogens is 1. The maximum atomic E-state index is 12.1. The third-order valence-corrected chi connectivity index (χ3v) is 2.94. The minimum Gasteiger partial charge on any atom is -0.496 e. The van der Waals surface area contributed by atoms with Crippen molar-refractivity contribution in [2.45, 2.75) is 12.6 Å². The molecule has 0 bridgehead atoms. The van der Waals surface area contributed by atoms with Gasteiger partial charge in [-0.25, -0.2) is 0 Å². The summed E-state index contributed by atoms with van der Waals surface area (Å²) in [5.41, 5.74) is 1.62. The maximum Gasteiger partial charge on any atom is 0.471 e. The topological polar surface area (TPSA) is 54.1 Å². The van der Waals surface area contributed by atoms with E-state index < -0.39 is 12.1 Å². The molecule has 1 amide bonds. The van der Waals surface area contributed by atoms with Crippen molar-refractivity contribution in [3.8, 4) is 5.75 Å². The minimum atomic E-state index is -4.86. The highest BCUT2D eigenvalue weighted by atomic mass is 19.4. The van der Waals surface area contributed by atoms with Crippen LogP contribution in [0.5, 0.6) is 5.75 Å². The van der Waals surface area contributed by atoms with E-state index in [0.29, 0.717) is 5.75 Å². The van der Waals surface area contributed by atoms with Crippen LogP contribution in [0.25, 0.3) is 10.9 Å². The van der Waals surface area contributed by atoms with Gasteiger partial charge in [0.05, 0.1) is 7.11 Å². The molecule has 7 heteroatoms. The van der Waals surface area contributed by atoms with E-state index in [-0.39, 0.29) is 13.0 Å². The first-order valence-electron chi connectivity index (χ1n) is 5.91. The predicted octanol–water partition coefficient (Wildman–Crippen LogP) is 2.40. The highest BCUT2D eigenvalue weighted by molar-refractivity contribution is 5.85. The second-order valence-corrected chi connectivity index (χ2v) is 4.19. The lowest BCUT2D eigenvalue weighted by Crippen LogP contribution is -2.37. The smallest absolute Gasteiger partial charge is 0.471 e. The Morgan fingerprint density at radius 3 is 2.75 bits per heavy atom. The van der Waals surface area contributed by atoms with E-state index >= 15 is 0 Å². The van der Waals surface area contributed by atoms with Gasteiger partial charge in [-0.3, -0.25) is 4.79 Å². The Morgan fingerprint density at radius 2 is 2.10 bits per heavy atom. The molecule has 0 saturated heterocycles. The zero-order valence-electron chi connectivity index (χ0n) is 10.7. The van der Waals surface area contributed by atoms with E-state index in [0.717, 1.165) is 16.5 Å². The monoisotopic (exact) mass is 286 g/mol. The molecular formula is C13H13F3N2O2. The fraction of sp³-hybridized carbons (Fsp3) is 0.308. The van der Waals surface area contributed by atoms with Gasteiger partial charge in [-0.15, -0.1) is 0 Å². The fourth-order valence-corrected chi connectivity index (χ4v) is 2.03. The molecule has 0 aliphatic carbocycles. The number of aromatic nitrogens is 1. The molecule has 1 heterocycles. The first-order chi connectivity index (χ1) is 9.43. The van der Waals surface area contributed by atoms with Gasteiger partial charge in [-0.2, -0.15) is 13.2 Å². The number of halogens is 3. The molecule has 0 fully saturated rings. The summed E-state index contributed by atoms with van der Waals surface area (Å²) in [6.45, 7) is -0.112. The van der Waals surface area contributed by atoms with E-state index in [9.17, 15) is 18.0 Å². The number of carbonyl (C=O) groups excluding carboxylic acids is 1. The molecule has 4 nitrogen and oxygen atoms in total. The van der Waals surface area contributed by atoms with Crippen molar-refractivity contribution in [2.24, 2.45) is 0 Å². The summed E-state index contributed by atoms with van der Waals surface area (Å²) < 4.78 is 41.4. The summed E-state index contributed by atoms with van der Waals surface area (Å²) in [7, 11) is 1.49. The Kier molecular flexibility index (Phi) is 3.87. The van der Waals surface area contributed by atoms with Gasteiger partial charge < -0.3 is 15.0 Å². The average Bonchev–Trinajstić information content (AvgIpc) is 2.86. The normalized spacial score (nSPS) is 11.6. The number of alkyl halides is 3. The van der Waals surface area contributed by atoms with Crippen LogP contribution in [0.3, 0.4) is 0 Å². The van der Waals surface area contributed by atoms with Crippen LogP contribution in [0.2, 0.25) is 0 Å². The molecule has 0 unspecified atom stereocenters. The Balaban J connectivity index is 2.13. The molecule has 0 atom stereocenters. The number of nitrogens with one attached hydrogen (secondary N) is 2. The minimum absolute atomic E-state index is 0.112. The number of carbonyl (C=O) groups is 1. The highest BCUT2D eigenvalue weighted by Crippen LogP contribution is 2.27. The molecule has 1 aromatic carbocycles. The first-order valence-corrected chi connectivity index (χ1v) is 5.91. The molecule has 2 aromatic rings. The Morgan fingerprint density at radius 1 is 1.35 bits per heavy atom. The summed E-state index contributed by atoms with van der Waals surface area (Å²) >= 11 is 0. The third-order valence-electron chi connectivity index (χ3n) is 2.94. The molecule has 0 aliphatic rings. The van der Waals surface area contributed by atoms with Crippen LogP contribution < -0.4 is 10.1 Å². The van der Waals surface area contributed by atoms with Crippen LogP contribution in [-0.2, 0) is 11.2 Å². The Labute approximate surface area is 112 Å². The Hall–Kier alpha value is -2.18. The zero-order valence-corrected chi connectivity index (χ0v) is 10.7. The van der Waals surface area contributed by atoms with Crippen molar-refractivity contribution < 1.29 is 22.7 Å². The molecule has 108 valence electrons. The highest BCUT2D eigenvalue weighted by Gasteiger charge is 2.38. The van der Waals surface area contributed by atoms with Gasteiger partial charge in [0.25, 0.3) is 0 Å². The lowest BCUT2D eigenvalue weighted by molar-refractivity contribution is -0.173. The van der Waals surface area contributed by atoms with Crippen molar-refractivity contribution in [3.63, 3.8) is 0 Å². The quantitative estimate of drug-likeness (QED) is 0.906. The van der Waals surface area contributed by atoms with Crippen molar-refractivity contribution in [1.82, 2.24) is 10.3 Å². The van der Waals surface area contributed by atoms with Gasteiger partial charge >= 0.3 is 12.1 Å². The summed E-state index contributed by atoms with van der Waals surface area (Å²) in [6.07, 6.45) is -2.87. The molecular weight excluding hydrogens is 273 g/mol. The number of benzene rings is 1. The van der Waals surface area contributed by atoms with E-state index in [2.05, 4.69) is 4.98 Å². The summed E-state index contributed by atoms with van der Waals surface area (Å²) in [6, 6.07) is 5.38. The standard InChI is InChI=1S/C13H13F3N2O2/c1-20-11-3-2-10-8(4-6-17-10)9(11)5-7-18-12(19)13(14,15)16/h2-4,6,17H,5,7H2,1H3,(H,18,19). The number of amides is 1. The van der Waals surface area contributed by atoms with Crippen LogP contribution in [0.4, 0.5) is 13.2 Å². The second-order valence-electron chi connectivity index (χ2n) is 4.19. The van der Waals surface area contributed by atoms with E-state index in [1.807, 2.05) is 17.4 Å². The number of ether oxygens (including phenoxy) is 1. The molecule has 0 aliphatic heterocycles. The lowest BCUT2D eigenvalue weighted by atomic mass is 10.1. The van der Waals surface area contributed by atoms with Gasteiger partial charge in [0, 0.05) is 29.2 Å². The zero-order chi connectivity index (χ0) is 14.8. The molecule has 2 rings (SSSR count). The van der Waals surface area contributed by atoms with Gasteiger partial charge in [-0.1, -0.05) is 0 Å². The predicted molar refractivity (Wildman–Crippen MR) is 67.6 cm³/mol.